The molecular weight excluding hydrogens is 384 g/mol. The number of piperidine rings is 1. The highest BCUT2D eigenvalue weighted by atomic mass is 16.5. The van der Waals surface area contributed by atoms with Crippen molar-refractivity contribution in [2.24, 2.45) is 0 Å². The second kappa shape index (κ2) is 8.71. The molecule has 4 rings (SSSR count). The molecule has 1 aliphatic heterocycles. The monoisotopic (exact) mass is 404 g/mol. The minimum Gasteiger partial charge on any atom is -0.472 e. The van der Waals surface area contributed by atoms with Crippen molar-refractivity contribution in [3.05, 3.63) is 66.1 Å². The summed E-state index contributed by atoms with van der Waals surface area (Å²) in [7, 11) is 0. The normalized spacial score (nSPS) is 18.6. The first-order chi connectivity index (χ1) is 14.7. The molecule has 1 aromatic carbocycles. The van der Waals surface area contributed by atoms with Crippen molar-refractivity contribution >= 4 is 5.91 Å². The smallest absolute Gasteiger partial charge is 0.256 e. The van der Waals surface area contributed by atoms with Gasteiger partial charge in [-0.15, -0.1) is 0 Å². The van der Waals surface area contributed by atoms with Crippen LogP contribution in [0.1, 0.15) is 28.8 Å². The van der Waals surface area contributed by atoms with Crippen LogP contribution in [0, 0.1) is 11.3 Å². The third kappa shape index (κ3) is 3.99. The molecular formula is C21H20N6O3. The predicted molar refractivity (Wildman–Crippen MR) is 106 cm³/mol. The number of carbonyl (C=O) groups is 1. The lowest BCUT2D eigenvalue weighted by atomic mass is 9.98. The highest BCUT2D eigenvalue weighted by Gasteiger charge is 2.34. The summed E-state index contributed by atoms with van der Waals surface area (Å²) in [6.07, 6.45) is 5.57. The van der Waals surface area contributed by atoms with Crippen LogP contribution in [-0.2, 0) is 0 Å². The number of hydrogen-bond donors (Lipinski definition) is 1. The molecule has 0 saturated carbocycles. The Morgan fingerprint density at radius 3 is 2.77 bits per heavy atom. The Morgan fingerprint density at radius 1 is 1.20 bits per heavy atom. The maximum absolute atomic E-state index is 13.4. The molecule has 1 N–H and O–H groups in total. The van der Waals surface area contributed by atoms with Crippen LogP contribution < -0.4 is 4.74 Å². The van der Waals surface area contributed by atoms with E-state index in [2.05, 4.69) is 21.3 Å². The largest absolute Gasteiger partial charge is 0.472 e. The van der Waals surface area contributed by atoms with Gasteiger partial charge in [0.1, 0.15) is 6.10 Å². The van der Waals surface area contributed by atoms with E-state index in [1.54, 1.807) is 47.6 Å². The standard InChI is InChI=1S/C21H20N6O3/c22-12-15-7-8-23-20(11-15)30-17-6-5-16(14-28)26(13-17)21(29)18-3-1-2-4-19(18)27-24-9-10-25-27/h1-4,7-11,16-17,28H,5-6,13-14H2/t16-,17+/m0/s1. The number of nitrogens with zero attached hydrogens (tertiary/aromatic N) is 6. The molecule has 2 atom stereocenters. The van der Waals surface area contributed by atoms with Crippen LogP contribution in [0.5, 0.6) is 5.88 Å². The molecule has 2 aromatic heterocycles. The molecule has 0 bridgehead atoms. The molecule has 0 unspecified atom stereocenters. The summed E-state index contributed by atoms with van der Waals surface area (Å²) < 4.78 is 5.94. The van der Waals surface area contributed by atoms with E-state index in [0.717, 1.165) is 0 Å². The first kappa shape index (κ1) is 19.5. The summed E-state index contributed by atoms with van der Waals surface area (Å²) in [4.78, 5) is 20.6. The minimum absolute atomic E-state index is 0.136. The number of aliphatic hydroxyl groups excluding tert-OH is 1. The van der Waals surface area contributed by atoms with Crippen molar-refractivity contribution in [2.45, 2.75) is 25.0 Å². The Kier molecular flexibility index (Phi) is 5.68. The molecule has 9 heteroatoms. The van der Waals surface area contributed by atoms with E-state index < -0.39 is 0 Å². The zero-order valence-electron chi connectivity index (χ0n) is 16.1. The first-order valence-electron chi connectivity index (χ1n) is 9.60. The molecule has 1 aliphatic rings. The molecule has 0 spiro atoms. The van der Waals surface area contributed by atoms with Crippen LogP contribution in [0.4, 0.5) is 0 Å². The lowest BCUT2D eigenvalue weighted by Crippen LogP contribution is -2.52. The number of benzene rings is 1. The number of amides is 1. The number of para-hydroxylation sites is 1. The van der Waals surface area contributed by atoms with Crippen LogP contribution in [0.3, 0.4) is 0 Å². The quantitative estimate of drug-likeness (QED) is 0.686. The number of aliphatic hydroxyl groups is 1. The molecule has 0 aliphatic carbocycles. The highest BCUT2D eigenvalue weighted by Crippen LogP contribution is 2.25. The average molecular weight is 404 g/mol. The van der Waals surface area contributed by atoms with Gasteiger partial charge < -0.3 is 14.7 Å². The van der Waals surface area contributed by atoms with Crippen molar-refractivity contribution < 1.29 is 14.6 Å². The molecule has 3 heterocycles. The summed E-state index contributed by atoms with van der Waals surface area (Å²) >= 11 is 0. The van der Waals surface area contributed by atoms with Gasteiger partial charge in [0.25, 0.3) is 5.91 Å². The highest BCUT2D eigenvalue weighted by molar-refractivity contribution is 5.98. The maximum Gasteiger partial charge on any atom is 0.256 e. The van der Waals surface area contributed by atoms with Crippen molar-refractivity contribution in [3.63, 3.8) is 0 Å². The summed E-state index contributed by atoms with van der Waals surface area (Å²) in [5.74, 6) is 0.115. The van der Waals surface area contributed by atoms with Gasteiger partial charge in [0.05, 0.1) is 54.5 Å². The first-order valence-corrected chi connectivity index (χ1v) is 9.60. The molecule has 1 fully saturated rings. The summed E-state index contributed by atoms with van der Waals surface area (Å²) in [6, 6.07) is 12.0. The molecule has 152 valence electrons. The van der Waals surface area contributed by atoms with Gasteiger partial charge in [-0.25, -0.2) is 4.98 Å². The SMILES string of the molecule is N#Cc1ccnc(O[C@@H]2CC[C@@H](CO)N(C(=O)c3ccccc3-n3nccn3)C2)c1. The number of hydrogen-bond acceptors (Lipinski definition) is 7. The predicted octanol–water partition coefficient (Wildman–Crippen LogP) is 1.58. The summed E-state index contributed by atoms with van der Waals surface area (Å²) in [5.41, 5.74) is 1.46. The topological polar surface area (TPSA) is 117 Å². The summed E-state index contributed by atoms with van der Waals surface area (Å²) in [5, 5.41) is 27.1. The zero-order valence-corrected chi connectivity index (χ0v) is 16.1. The van der Waals surface area contributed by atoms with E-state index in [9.17, 15) is 9.90 Å². The number of likely N-dealkylation sites (tertiary alicyclic amines) is 1. The van der Waals surface area contributed by atoms with Gasteiger partial charge in [0.2, 0.25) is 5.88 Å². The minimum atomic E-state index is -0.311. The van der Waals surface area contributed by atoms with E-state index in [0.29, 0.717) is 42.1 Å². The molecule has 30 heavy (non-hydrogen) atoms. The Morgan fingerprint density at radius 2 is 2.00 bits per heavy atom. The van der Waals surface area contributed by atoms with Gasteiger partial charge in [-0.1, -0.05) is 12.1 Å². The number of rotatable bonds is 5. The van der Waals surface area contributed by atoms with Crippen molar-refractivity contribution in [1.82, 2.24) is 24.9 Å². The Labute approximate surface area is 173 Å². The van der Waals surface area contributed by atoms with E-state index in [1.807, 2.05) is 6.07 Å². The second-order valence-corrected chi connectivity index (χ2v) is 6.94. The van der Waals surface area contributed by atoms with Crippen LogP contribution in [0.25, 0.3) is 5.69 Å². The average Bonchev–Trinajstić information content (AvgIpc) is 3.33. The molecule has 9 nitrogen and oxygen atoms in total. The molecule has 1 saturated heterocycles. The molecule has 1 amide bonds. The molecule has 3 aromatic rings. The van der Waals surface area contributed by atoms with Gasteiger partial charge in [0.15, 0.2) is 0 Å². The van der Waals surface area contributed by atoms with Crippen LogP contribution in [0.15, 0.2) is 55.0 Å². The number of ether oxygens (including phenoxy) is 1. The van der Waals surface area contributed by atoms with Gasteiger partial charge in [0, 0.05) is 12.3 Å². The lowest BCUT2D eigenvalue weighted by Gasteiger charge is -2.38. The van der Waals surface area contributed by atoms with E-state index in [-0.39, 0.29) is 24.7 Å². The van der Waals surface area contributed by atoms with Gasteiger partial charge in [-0.2, -0.15) is 20.3 Å². The van der Waals surface area contributed by atoms with Gasteiger partial charge in [-0.05, 0) is 31.0 Å². The van der Waals surface area contributed by atoms with Gasteiger partial charge >= 0.3 is 0 Å². The van der Waals surface area contributed by atoms with E-state index in [4.69, 9.17) is 10.00 Å². The van der Waals surface area contributed by atoms with E-state index >= 15 is 0 Å². The number of pyridine rings is 1. The third-order valence-electron chi connectivity index (χ3n) is 5.05. The van der Waals surface area contributed by atoms with E-state index in [1.165, 1.54) is 11.0 Å². The van der Waals surface area contributed by atoms with Crippen molar-refractivity contribution in [1.29, 1.82) is 5.26 Å². The Bertz CT molecular complexity index is 1060. The molecule has 0 radical (unpaired) electrons. The fourth-order valence-electron chi connectivity index (χ4n) is 3.57. The number of carbonyl (C=O) groups excluding carboxylic acids is 1. The van der Waals surface area contributed by atoms with Crippen molar-refractivity contribution in [3.8, 4) is 17.6 Å². The Balaban J connectivity index is 1.57. The maximum atomic E-state index is 13.4. The van der Waals surface area contributed by atoms with Gasteiger partial charge in [-0.3, -0.25) is 4.79 Å². The fraction of sp³-hybridized carbons (Fsp3) is 0.286. The third-order valence-corrected chi connectivity index (χ3v) is 5.05. The van der Waals surface area contributed by atoms with Crippen molar-refractivity contribution in [2.75, 3.05) is 13.2 Å². The van der Waals surface area contributed by atoms with Crippen LogP contribution in [0.2, 0.25) is 0 Å². The van der Waals surface area contributed by atoms with Crippen LogP contribution in [-0.4, -0.2) is 61.2 Å². The number of aromatic nitrogens is 4. The Hall–Kier alpha value is -3.77. The van der Waals surface area contributed by atoms with Crippen LogP contribution >= 0.6 is 0 Å². The second-order valence-electron chi connectivity index (χ2n) is 6.94. The zero-order chi connectivity index (χ0) is 20.9. The number of nitriles is 1. The summed E-state index contributed by atoms with van der Waals surface area (Å²) in [6.45, 7) is 0.159. The lowest BCUT2D eigenvalue weighted by molar-refractivity contribution is 0.0200. The fourth-order valence-corrected chi connectivity index (χ4v) is 3.57.